The zero-order chi connectivity index (χ0) is 11.5. The average Bonchev–Trinajstić information content (AvgIpc) is 2.50. The third-order valence-electron chi connectivity index (χ3n) is 2.16. The van der Waals surface area contributed by atoms with E-state index in [1.54, 1.807) is 0 Å². The Kier molecular flexibility index (Phi) is 4.34. The number of hydrogen-bond acceptors (Lipinski definition) is 2. The van der Waals surface area contributed by atoms with Crippen molar-refractivity contribution in [2.24, 2.45) is 0 Å². The highest BCUT2D eigenvalue weighted by molar-refractivity contribution is 9.11. The maximum absolute atomic E-state index is 11.8. The lowest BCUT2D eigenvalue weighted by molar-refractivity contribution is 0.0909. The fourth-order valence-electron chi connectivity index (χ4n) is 1.50. The molecule has 0 aromatic carbocycles. The Morgan fingerprint density at radius 1 is 1.60 bits per heavy atom. The summed E-state index contributed by atoms with van der Waals surface area (Å²) < 4.78 is 0.987. The predicted octanol–water partition coefficient (Wildman–Crippen LogP) is 3.82. The van der Waals surface area contributed by atoms with Gasteiger partial charge in [-0.3, -0.25) is 4.79 Å². The van der Waals surface area contributed by atoms with Crippen LogP contribution in [0.25, 0.3) is 0 Å². The highest BCUT2D eigenvalue weighted by Crippen LogP contribution is 2.21. The van der Waals surface area contributed by atoms with Gasteiger partial charge in [-0.2, -0.15) is 0 Å². The van der Waals surface area contributed by atoms with Crippen LogP contribution in [0.3, 0.4) is 0 Å². The van der Waals surface area contributed by atoms with Gasteiger partial charge in [-0.25, -0.2) is 0 Å². The second-order valence-corrected chi connectivity index (χ2v) is 6.52. The average molecular weight is 290 g/mol. The van der Waals surface area contributed by atoms with Crippen LogP contribution in [-0.4, -0.2) is 11.4 Å². The zero-order valence-electron chi connectivity index (χ0n) is 9.26. The number of nitrogens with one attached hydrogen (secondary N) is 1. The van der Waals surface area contributed by atoms with Crippen LogP contribution < -0.4 is 5.32 Å². The van der Waals surface area contributed by atoms with Crippen LogP contribution in [0, 0.1) is 0 Å². The first-order valence-corrected chi connectivity index (χ1v) is 6.68. The fourth-order valence-corrected chi connectivity index (χ4v) is 2.63. The van der Waals surface area contributed by atoms with E-state index in [0.717, 1.165) is 22.2 Å². The van der Waals surface area contributed by atoms with E-state index >= 15 is 0 Å². The second-order valence-electron chi connectivity index (χ2n) is 4.23. The summed E-state index contributed by atoms with van der Waals surface area (Å²) in [6, 6.07) is 1.85. The van der Waals surface area contributed by atoms with E-state index < -0.39 is 0 Å². The molecule has 4 heteroatoms. The smallest absolute Gasteiger partial charge is 0.252 e. The molecular weight excluding hydrogens is 274 g/mol. The summed E-state index contributed by atoms with van der Waals surface area (Å²) in [5.74, 6) is 0.00963. The molecule has 0 fully saturated rings. The van der Waals surface area contributed by atoms with E-state index in [1.807, 2.05) is 11.4 Å². The van der Waals surface area contributed by atoms with Crippen molar-refractivity contribution in [2.75, 3.05) is 0 Å². The molecule has 1 aromatic heterocycles. The molecule has 0 unspecified atom stereocenters. The molecule has 1 amide bonds. The predicted molar refractivity (Wildman–Crippen MR) is 68.5 cm³/mol. The molecule has 2 nitrogen and oxygen atoms in total. The van der Waals surface area contributed by atoms with Gasteiger partial charge in [0.2, 0.25) is 0 Å². The summed E-state index contributed by atoms with van der Waals surface area (Å²) in [7, 11) is 0. The topological polar surface area (TPSA) is 29.1 Å². The number of carbonyl (C=O) groups is 1. The lowest BCUT2D eigenvalue weighted by Crippen LogP contribution is -2.43. The standard InChI is InChI=1S/C11H16BrNOS/c1-4-5-11(2,3)13-10(14)8-6-9(12)15-7-8/h6-7H,4-5H2,1-3H3,(H,13,14). The molecule has 0 bridgehead atoms. The van der Waals surface area contributed by atoms with Gasteiger partial charge in [0.1, 0.15) is 0 Å². The minimum absolute atomic E-state index is 0.00963. The summed E-state index contributed by atoms with van der Waals surface area (Å²) in [6.45, 7) is 6.22. The van der Waals surface area contributed by atoms with Gasteiger partial charge in [-0.15, -0.1) is 11.3 Å². The van der Waals surface area contributed by atoms with E-state index in [4.69, 9.17) is 0 Å². The van der Waals surface area contributed by atoms with Gasteiger partial charge >= 0.3 is 0 Å². The van der Waals surface area contributed by atoms with Crippen molar-refractivity contribution < 1.29 is 4.79 Å². The molecule has 0 atom stereocenters. The Hall–Kier alpha value is -0.350. The van der Waals surface area contributed by atoms with Crippen LogP contribution in [0.15, 0.2) is 15.2 Å². The number of rotatable bonds is 4. The third-order valence-corrected chi connectivity index (χ3v) is 3.66. The maximum Gasteiger partial charge on any atom is 0.252 e. The van der Waals surface area contributed by atoms with Crippen molar-refractivity contribution in [3.8, 4) is 0 Å². The monoisotopic (exact) mass is 289 g/mol. The molecule has 0 aliphatic heterocycles. The van der Waals surface area contributed by atoms with E-state index in [0.29, 0.717) is 0 Å². The number of carbonyl (C=O) groups excluding carboxylic acids is 1. The molecule has 84 valence electrons. The molecule has 0 aliphatic rings. The van der Waals surface area contributed by atoms with Gasteiger partial charge < -0.3 is 5.32 Å². The number of thiophene rings is 1. The Morgan fingerprint density at radius 3 is 2.73 bits per heavy atom. The van der Waals surface area contributed by atoms with Crippen LogP contribution in [0.2, 0.25) is 0 Å². The molecule has 1 heterocycles. The van der Waals surface area contributed by atoms with Crippen molar-refractivity contribution >= 4 is 33.2 Å². The maximum atomic E-state index is 11.8. The summed E-state index contributed by atoms with van der Waals surface area (Å²) >= 11 is 4.88. The van der Waals surface area contributed by atoms with Crippen molar-refractivity contribution in [3.05, 3.63) is 20.8 Å². The first-order valence-electron chi connectivity index (χ1n) is 5.01. The van der Waals surface area contributed by atoms with Crippen LogP contribution in [-0.2, 0) is 0 Å². The minimum atomic E-state index is -0.125. The van der Waals surface area contributed by atoms with Crippen molar-refractivity contribution in [2.45, 2.75) is 39.2 Å². The van der Waals surface area contributed by atoms with Crippen LogP contribution in [0.5, 0.6) is 0 Å². The molecule has 0 spiro atoms. The number of hydrogen-bond donors (Lipinski definition) is 1. The van der Waals surface area contributed by atoms with Gasteiger partial charge in [0.05, 0.1) is 9.35 Å². The van der Waals surface area contributed by atoms with E-state index in [9.17, 15) is 4.79 Å². The SMILES string of the molecule is CCCC(C)(C)NC(=O)c1csc(Br)c1. The summed E-state index contributed by atoms with van der Waals surface area (Å²) in [5, 5.41) is 4.90. The molecule has 0 aliphatic carbocycles. The molecule has 1 rings (SSSR count). The van der Waals surface area contributed by atoms with Gasteiger partial charge in [0.25, 0.3) is 5.91 Å². The highest BCUT2D eigenvalue weighted by atomic mass is 79.9. The largest absolute Gasteiger partial charge is 0.347 e. The lowest BCUT2D eigenvalue weighted by Gasteiger charge is -2.25. The van der Waals surface area contributed by atoms with E-state index in [2.05, 4.69) is 42.0 Å². The molecule has 15 heavy (non-hydrogen) atoms. The molecule has 0 saturated heterocycles. The normalized spacial score (nSPS) is 11.5. The van der Waals surface area contributed by atoms with E-state index in [1.165, 1.54) is 11.3 Å². The lowest BCUT2D eigenvalue weighted by atomic mass is 9.98. The van der Waals surface area contributed by atoms with Crippen LogP contribution in [0.4, 0.5) is 0 Å². The van der Waals surface area contributed by atoms with Gasteiger partial charge in [0, 0.05) is 10.9 Å². The Bertz CT molecular complexity index is 346. The van der Waals surface area contributed by atoms with Gasteiger partial charge in [-0.1, -0.05) is 13.3 Å². The molecule has 1 N–H and O–H groups in total. The van der Waals surface area contributed by atoms with Crippen molar-refractivity contribution in [1.29, 1.82) is 0 Å². The Balaban J connectivity index is 2.63. The number of amides is 1. The Morgan fingerprint density at radius 2 is 2.27 bits per heavy atom. The molecular formula is C11H16BrNOS. The summed E-state index contributed by atoms with van der Waals surface area (Å²) in [6.07, 6.45) is 2.06. The highest BCUT2D eigenvalue weighted by Gasteiger charge is 2.20. The summed E-state index contributed by atoms with van der Waals surface area (Å²) in [4.78, 5) is 11.8. The quantitative estimate of drug-likeness (QED) is 0.897. The first kappa shape index (κ1) is 12.7. The van der Waals surface area contributed by atoms with Crippen molar-refractivity contribution in [3.63, 3.8) is 0 Å². The molecule has 0 radical (unpaired) electrons. The van der Waals surface area contributed by atoms with E-state index in [-0.39, 0.29) is 11.4 Å². The van der Waals surface area contributed by atoms with Gasteiger partial charge in [-0.05, 0) is 42.3 Å². The van der Waals surface area contributed by atoms with Crippen LogP contribution in [0.1, 0.15) is 44.0 Å². The van der Waals surface area contributed by atoms with Crippen molar-refractivity contribution in [1.82, 2.24) is 5.32 Å². The molecule has 0 saturated carbocycles. The molecule has 1 aromatic rings. The fraction of sp³-hybridized carbons (Fsp3) is 0.545. The minimum Gasteiger partial charge on any atom is -0.347 e. The first-order chi connectivity index (χ1) is 6.94. The third kappa shape index (κ3) is 3.95. The Labute approximate surface area is 103 Å². The zero-order valence-corrected chi connectivity index (χ0v) is 11.7. The number of halogens is 1. The van der Waals surface area contributed by atoms with Crippen LogP contribution >= 0.6 is 27.3 Å². The summed E-state index contributed by atoms with van der Waals surface area (Å²) in [5.41, 5.74) is 0.608. The second kappa shape index (κ2) is 5.12. The van der Waals surface area contributed by atoms with Gasteiger partial charge in [0.15, 0.2) is 0 Å².